The second-order valence-corrected chi connectivity index (χ2v) is 9.12. The van der Waals surface area contributed by atoms with Crippen molar-refractivity contribution in [3.63, 3.8) is 0 Å². The van der Waals surface area contributed by atoms with Crippen LogP contribution in [0, 0.1) is 0 Å². The molecular formula is C25H30N4O3S. The van der Waals surface area contributed by atoms with Crippen LogP contribution in [-0.2, 0) is 0 Å². The van der Waals surface area contributed by atoms with Gasteiger partial charge in [0.15, 0.2) is 5.66 Å². The number of anilines is 1. The van der Waals surface area contributed by atoms with Gasteiger partial charge in [-0.15, -0.1) is 11.8 Å². The fraction of sp³-hybridized carbons (Fsp3) is 0.400. The molecule has 2 aliphatic heterocycles. The van der Waals surface area contributed by atoms with Crippen molar-refractivity contribution in [2.75, 3.05) is 37.9 Å². The summed E-state index contributed by atoms with van der Waals surface area (Å²) in [6.45, 7) is 5.78. The van der Waals surface area contributed by atoms with Crippen molar-refractivity contribution < 1.29 is 14.3 Å². The Bertz CT molecular complexity index is 1040. The van der Waals surface area contributed by atoms with Crippen molar-refractivity contribution in [2.24, 2.45) is 9.98 Å². The smallest absolute Gasteiger partial charge is 0.321 e. The molecule has 7 nitrogen and oxygen atoms in total. The zero-order valence-electron chi connectivity index (χ0n) is 19.3. The van der Waals surface area contributed by atoms with Crippen molar-refractivity contribution in [3.05, 3.63) is 54.1 Å². The first-order valence-corrected chi connectivity index (χ1v) is 12.3. The third-order valence-electron chi connectivity index (χ3n) is 5.76. The molecule has 2 aromatic rings. The fourth-order valence-electron chi connectivity index (χ4n) is 4.03. The minimum atomic E-state index is -0.493. The highest BCUT2D eigenvalue weighted by atomic mass is 32.2. The molecule has 0 aliphatic carbocycles. The molecule has 2 aliphatic rings. The summed E-state index contributed by atoms with van der Waals surface area (Å²) >= 11 is 1.72. The summed E-state index contributed by atoms with van der Waals surface area (Å²) in [4.78, 5) is 24.9. The Hall–Kier alpha value is -3.00. The van der Waals surface area contributed by atoms with Gasteiger partial charge in [-0.05, 0) is 49.1 Å². The summed E-state index contributed by atoms with van der Waals surface area (Å²) in [6.07, 6.45) is 1.39. The summed E-state index contributed by atoms with van der Waals surface area (Å²) in [5.74, 6) is 2.42. The Kier molecular flexibility index (Phi) is 7.23. The lowest BCUT2D eigenvalue weighted by atomic mass is 9.98. The van der Waals surface area contributed by atoms with Crippen LogP contribution in [0.4, 0.5) is 10.5 Å². The van der Waals surface area contributed by atoms with Gasteiger partial charge in [0.05, 0.1) is 25.1 Å². The van der Waals surface area contributed by atoms with Crippen LogP contribution in [-0.4, -0.2) is 59.9 Å². The van der Waals surface area contributed by atoms with Crippen LogP contribution in [0.5, 0.6) is 11.5 Å². The number of benzene rings is 2. The van der Waals surface area contributed by atoms with E-state index in [4.69, 9.17) is 19.5 Å². The molecule has 0 saturated carbocycles. The van der Waals surface area contributed by atoms with Gasteiger partial charge >= 0.3 is 6.03 Å². The molecule has 2 aromatic carbocycles. The zero-order chi connectivity index (χ0) is 23.3. The number of hydrogen-bond acceptors (Lipinski definition) is 6. The number of urea groups is 1. The summed E-state index contributed by atoms with van der Waals surface area (Å²) < 4.78 is 10.9. The first kappa shape index (κ1) is 23.2. The van der Waals surface area contributed by atoms with E-state index in [1.54, 1.807) is 18.9 Å². The summed E-state index contributed by atoms with van der Waals surface area (Å²) in [6, 6.07) is 15.3. The summed E-state index contributed by atoms with van der Waals surface area (Å²) in [5, 5.41) is 3.97. The maximum Gasteiger partial charge on any atom is 0.321 e. The lowest BCUT2D eigenvalue weighted by Gasteiger charge is -2.35. The molecule has 0 radical (unpaired) electrons. The molecule has 0 bridgehead atoms. The van der Waals surface area contributed by atoms with E-state index < -0.39 is 5.66 Å². The number of carbonyl (C=O) groups excluding carboxylic acids is 1. The van der Waals surface area contributed by atoms with Gasteiger partial charge in [-0.1, -0.05) is 19.1 Å². The molecule has 0 aromatic heterocycles. The standard InChI is InChI=1S/C25H30N4O3S/c1-4-32-21-9-7-6-8-20(21)26-24(30)29-16-14-25(15-17-29)27-22(23(28-25)33-5-2)18-10-12-19(31-3)13-11-18/h6-13H,4-5,14-17H2,1-3H3,(H,26,30). The first-order valence-electron chi connectivity index (χ1n) is 11.3. The van der Waals surface area contributed by atoms with Gasteiger partial charge in [-0.3, -0.25) is 4.99 Å². The molecule has 0 atom stereocenters. The fourth-order valence-corrected chi connectivity index (χ4v) is 4.84. The van der Waals surface area contributed by atoms with Crippen LogP contribution in [0.1, 0.15) is 32.3 Å². The van der Waals surface area contributed by atoms with Gasteiger partial charge < -0.3 is 19.7 Å². The molecule has 33 heavy (non-hydrogen) atoms. The predicted molar refractivity (Wildman–Crippen MR) is 135 cm³/mol. The number of hydrogen-bond donors (Lipinski definition) is 1. The number of methoxy groups -OCH3 is 1. The first-order chi connectivity index (χ1) is 16.1. The van der Waals surface area contributed by atoms with Gasteiger partial charge in [-0.2, -0.15) is 0 Å². The highest BCUT2D eigenvalue weighted by molar-refractivity contribution is 8.15. The Balaban J connectivity index is 1.46. The predicted octanol–water partition coefficient (Wildman–Crippen LogP) is 5.07. The van der Waals surface area contributed by atoms with Gasteiger partial charge in [-0.25, -0.2) is 9.79 Å². The molecule has 1 fully saturated rings. The van der Waals surface area contributed by atoms with Crippen molar-refractivity contribution in [1.82, 2.24) is 4.90 Å². The molecule has 8 heteroatoms. The highest BCUT2D eigenvalue weighted by Gasteiger charge is 2.40. The normalized spacial score (nSPS) is 16.9. The van der Waals surface area contributed by atoms with E-state index in [2.05, 4.69) is 12.2 Å². The van der Waals surface area contributed by atoms with Gasteiger partial charge in [0.1, 0.15) is 16.5 Å². The molecule has 1 spiro atoms. The maximum absolute atomic E-state index is 12.9. The van der Waals surface area contributed by atoms with E-state index in [1.165, 1.54) is 0 Å². The monoisotopic (exact) mass is 466 g/mol. The number of aliphatic imine (C=N–C) groups is 2. The molecule has 1 N–H and O–H groups in total. The average Bonchev–Trinajstić information content (AvgIpc) is 3.18. The Morgan fingerprint density at radius 3 is 2.48 bits per heavy atom. The second kappa shape index (κ2) is 10.3. The quantitative estimate of drug-likeness (QED) is 0.645. The maximum atomic E-state index is 12.9. The second-order valence-electron chi connectivity index (χ2n) is 7.87. The number of thioether (sulfide) groups is 1. The highest BCUT2D eigenvalue weighted by Crippen LogP contribution is 2.36. The number of ether oxygens (including phenoxy) is 2. The number of para-hydroxylation sites is 2. The minimum absolute atomic E-state index is 0.124. The molecule has 1 saturated heterocycles. The number of piperidine rings is 1. The minimum Gasteiger partial charge on any atom is -0.497 e. The van der Waals surface area contributed by atoms with Crippen molar-refractivity contribution in [2.45, 2.75) is 32.4 Å². The van der Waals surface area contributed by atoms with Crippen LogP contribution < -0.4 is 14.8 Å². The molecule has 2 heterocycles. The van der Waals surface area contributed by atoms with Crippen molar-refractivity contribution in [3.8, 4) is 11.5 Å². The topological polar surface area (TPSA) is 75.5 Å². The molecule has 0 unspecified atom stereocenters. The van der Waals surface area contributed by atoms with Crippen molar-refractivity contribution in [1.29, 1.82) is 0 Å². The Morgan fingerprint density at radius 2 is 1.82 bits per heavy atom. The number of rotatable bonds is 6. The Morgan fingerprint density at radius 1 is 1.09 bits per heavy atom. The number of amides is 2. The van der Waals surface area contributed by atoms with Crippen molar-refractivity contribution >= 4 is 34.2 Å². The molecule has 174 valence electrons. The van der Waals surface area contributed by atoms with E-state index in [1.807, 2.05) is 60.4 Å². The van der Waals surface area contributed by atoms with E-state index in [9.17, 15) is 4.79 Å². The van der Waals surface area contributed by atoms with E-state index in [0.29, 0.717) is 44.0 Å². The van der Waals surface area contributed by atoms with Crippen LogP contribution in [0.15, 0.2) is 58.5 Å². The third-order valence-corrected chi connectivity index (χ3v) is 6.60. The van der Waals surface area contributed by atoms with E-state index >= 15 is 0 Å². The summed E-state index contributed by atoms with van der Waals surface area (Å²) in [5.41, 5.74) is 2.17. The van der Waals surface area contributed by atoms with Crippen LogP contribution >= 0.6 is 11.8 Å². The molecule has 4 rings (SSSR count). The summed E-state index contributed by atoms with van der Waals surface area (Å²) in [7, 11) is 1.66. The zero-order valence-corrected chi connectivity index (χ0v) is 20.2. The largest absolute Gasteiger partial charge is 0.497 e. The number of nitrogens with one attached hydrogen (secondary N) is 1. The van der Waals surface area contributed by atoms with Gasteiger partial charge in [0.25, 0.3) is 0 Å². The van der Waals surface area contributed by atoms with Crippen LogP contribution in [0.25, 0.3) is 0 Å². The third kappa shape index (κ3) is 5.16. The van der Waals surface area contributed by atoms with Gasteiger partial charge in [0.2, 0.25) is 0 Å². The van der Waals surface area contributed by atoms with Gasteiger partial charge in [0, 0.05) is 31.5 Å². The molecular weight excluding hydrogens is 436 g/mol. The van der Waals surface area contributed by atoms with Crippen LogP contribution in [0.2, 0.25) is 0 Å². The molecule has 2 amide bonds. The number of likely N-dealkylation sites (tertiary alicyclic amines) is 1. The van der Waals surface area contributed by atoms with E-state index in [0.717, 1.165) is 27.8 Å². The van der Waals surface area contributed by atoms with E-state index in [-0.39, 0.29) is 6.03 Å². The number of carbonyl (C=O) groups is 1. The Labute approximate surface area is 199 Å². The average molecular weight is 467 g/mol. The number of nitrogens with zero attached hydrogens (tertiary/aromatic N) is 3. The SMILES string of the molecule is CCOc1ccccc1NC(=O)N1CCC2(CC1)N=C(SCC)C(c1ccc(OC)cc1)=N2. The lowest BCUT2D eigenvalue weighted by molar-refractivity contribution is 0.175. The van der Waals surface area contributed by atoms with Crippen LogP contribution in [0.3, 0.4) is 0 Å². The lowest BCUT2D eigenvalue weighted by Crippen LogP contribution is -2.46.